The molecule has 25 heavy (non-hydrogen) atoms. The van der Waals surface area contributed by atoms with Crippen molar-refractivity contribution in [1.82, 2.24) is 5.32 Å². The molecule has 0 heterocycles. The van der Waals surface area contributed by atoms with Crippen LogP contribution in [0.2, 0.25) is 0 Å². The first-order valence-corrected chi connectivity index (χ1v) is 7.82. The van der Waals surface area contributed by atoms with Gasteiger partial charge in [-0.05, 0) is 18.1 Å². The maximum atomic E-state index is 11.8. The summed E-state index contributed by atoms with van der Waals surface area (Å²) in [6, 6.07) is 3.33. The third-order valence-corrected chi connectivity index (χ3v) is 3.19. The molecule has 0 bridgehead atoms. The summed E-state index contributed by atoms with van der Waals surface area (Å²) in [4.78, 5) is 23.3. The van der Waals surface area contributed by atoms with Crippen molar-refractivity contribution in [3.8, 4) is 17.2 Å². The fourth-order valence-electron chi connectivity index (χ4n) is 1.89. The van der Waals surface area contributed by atoms with Crippen LogP contribution in [0.4, 0.5) is 0 Å². The molecule has 1 N–H and O–H groups in total. The lowest BCUT2D eigenvalue weighted by atomic mass is 10.1. The number of carbonyl (C=O) groups excluding carboxylic acids is 2. The summed E-state index contributed by atoms with van der Waals surface area (Å²) in [6.07, 6.45) is 2.74. The largest absolute Gasteiger partial charge is 0.496 e. The predicted molar refractivity (Wildman–Crippen MR) is 93.9 cm³/mol. The van der Waals surface area contributed by atoms with Gasteiger partial charge in [-0.3, -0.25) is 4.79 Å². The van der Waals surface area contributed by atoms with Crippen LogP contribution in [0.25, 0.3) is 6.08 Å². The molecule has 7 nitrogen and oxygen atoms in total. The Morgan fingerprint density at radius 2 is 1.64 bits per heavy atom. The molecule has 0 spiro atoms. The van der Waals surface area contributed by atoms with Gasteiger partial charge in [0.25, 0.3) is 5.91 Å². The van der Waals surface area contributed by atoms with Crippen molar-refractivity contribution in [3.63, 3.8) is 0 Å². The molecule has 1 amide bonds. The van der Waals surface area contributed by atoms with Crippen LogP contribution in [0.15, 0.2) is 18.2 Å². The standard InChI is InChI=1S/C18H25NO6/c1-12(2)10-19-17(20)11-25-18(21)7-6-13-8-15(23-4)16(24-5)9-14(13)22-3/h6-9,12H,10-11H2,1-5H3,(H,19,20)/b7-6+. The van der Waals surface area contributed by atoms with Crippen LogP contribution in [0.5, 0.6) is 17.2 Å². The van der Waals surface area contributed by atoms with E-state index in [4.69, 9.17) is 18.9 Å². The Labute approximate surface area is 147 Å². The van der Waals surface area contributed by atoms with Crippen LogP contribution in [-0.4, -0.2) is 46.4 Å². The highest BCUT2D eigenvalue weighted by atomic mass is 16.5. The van der Waals surface area contributed by atoms with Crippen LogP contribution in [0.3, 0.4) is 0 Å². The van der Waals surface area contributed by atoms with E-state index in [0.717, 1.165) is 0 Å². The number of amides is 1. The quantitative estimate of drug-likeness (QED) is 0.541. The predicted octanol–water partition coefficient (Wildman–Crippen LogP) is 2.04. The maximum Gasteiger partial charge on any atom is 0.331 e. The molecule has 0 radical (unpaired) electrons. The topological polar surface area (TPSA) is 83.1 Å². The summed E-state index contributed by atoms with van der Waals surface area (Å²) in [5, 5.41) is 2.67. The Balaban J connectivity index is 2.71. The fraction of sp³-hybridized carbons (Fsp3) is 0.444. The number of ether oxygens (including phenoxy) is 4. The Kier molecular flexibility index (Phi) is 8.32. The molecule has 0 saturated heterocycles. The van der Waals surface area contributed by atoms with Gasteiger partial charge >= 0.3 is 5.97 Å². The highest BCUT2D eigenvalue weighted by Crippen LogP contribution is 2.35. The fourth-order valence-corrected chi connectivity index (χ4v) is 1.89. The van der Waals surface area contributed by atoms with Gasteiger partial charge in [-0.2, -0.15) is 0 Å². The average molecular weight is 351 g/mol. The highest BCUT2D eigenvalue weighted by Gasteiger charge is 2.11. The molecular weight excluding hydrogens is 326 g/mol. The zero-order chi connectivity index (χ0) is 18.8. The lowest BCUT2D eigenvalue weighted by Gasteiger charge is -2.12. The van der Waals surface area contributed by atoms with Crippen LogP contribution >= 0.6 is 0 Å². The van der Waals surface area contributed by atoms with E-state index in [1.54, 1.807) is 12.1 Å². The third kappa shape index (κ3) is 6.74. The van der Waals surface area contributed by atoms with Gasteiger partial charge in [0.15, 0.2) is 18.1 Å². The first-order chi connectivity index (χ1) is 11.9. The molecule has 0 aromatic heterocycles. The Morgan fingerprint density at radius 1 is 1.04 bits per heavy atom. The zero-order valence-electron chi connectivity index (χ0n) is 15.3. The molecule has 1 aromatic carbocycles. The summed E-state index contributed by atoms with van der Waals surface area (Å²) < 4.78 is 20.6. The minimum Gasteiger partial charge on any atom is -0.496 e. The lowest BCUT2D eigenvalue weighted by molar-refractivity contribution is -0.143. The lowest BCUT2D eigenvalue weighted by Crippen LogP contribution is -2.31. The van der Waals surface area contributed by atoms with Crippen LogP contribution in [0, 0.1) is 5.92 Å². The molecule has 0 aliphatic heterocycles. The SMILES string of the molecule is COc1cc(OC)c(OC)cc1/C=C/C(=O)OCC(=O)NCC(C)C. The monoisotopic (exact) mass is 351 g/mol. The van der Waals surface area contributed by atoms with E-state index >= 15 is 0 Å². The first-order valence-electron chi connectivity index (χ1n) is 7.82. The van der Waals surface area contributed by atoms with Crippen molar-refractivity contribution in [1.29, 1.82) is 0 Å². The van der Waals surface area contributed by atoms with Gasteiger partial charge in [-0.1, -0.05) is 13.8 Å². The molecule has 0 atom stereocenters. The van der Waals surface area contributed by atoms with E-state index in [1.165, 1.54) is 33.5 Å². The van der Waals surface area contributed by atoms with Crippen LogP contribution in [-0.2, 0) is 14.3 Å². The normalized spacial score (nSPS) is 10.6. The van der Waals surface area contributed by atoms with Gasteiger partial charge in [0.05, 0.1) is 21.3 Å². The number of methoxy groups -OCH3 is 3. The molecular formula is C18H25NO6. The Hall–Kier alpha value is -2.70. The van der Waals surface area contributed by atoms with Crippen molar-refractivity contribution in [2.24, 2.45) is 5.92 Å². The molecule has 1 aromatic rings. The van der Waals surface area contributed by atoms with Crippen molar-refractivity contribution in [2.45, 2.75) is 13.8 Å². The number of benzene rings is 1. The molecule has 1 rings (SSSR count). The number of rotatable bonds is 9. The van der Waals surface area contributed by atoms with Crippen LogP contribution < -0.4 is 19.5 Å². The number of carbonyl (C=O) groups is 2. The van der Waals surface area contributed by atoms with E-state index in [0.29, 0.717) is 35.3 Å². The summed E-state index contributed by atoms with van der Waals surface area (Å²) in [5.41, 5.74) is 0.612. The van der Waals surface area contributed by atoms with E-state index in [1.807, 2.05) is 13.8 Å². The zero-order valence-corrected chi connectivity index (χ0v) is 15.3. The second kappa shape index (κ2) is 10.2. The molecule has 138 valence electrons. The molecule has 0 aliphatic rings. The van der Waals surface area contributed by atoms with Gasteiger partial charge in [0.1, 0.15) is 5.75 Å². The smallest absolute Gasteiger partial charge is 0.331 e. The number of esters is 1. The van der Waals surface area contributed by atoms with Gasteiger partial charge in [0, 0.05) is 24.3 Å². The van der Waals surface area contributed by atoms with E-state index in [-0.39, 0.29) is 12.5 Å². The second-order valence-electron chi connectivity index (χ2n) is 5.59. The van der Waals surface area contributed by atoms with Crippen molar-refractivity contribution in [2.75, 3.05) is 34.5 Å². The summed E-state index contributed by atoms with van der Waals surface area (Å²) in [5.74, 6) is 0.898. The average Bonchev–Trinajstić information content (AvgIpc) is 2.61. The van der Waals surface area contributed by atoms with Crippen molar-refractivity contribution < 1.29 is 28.5 Å². The molecule has 0 fully saturated rings. The Morgan fingerprint density at radius 3 is 2.20 bits per heavy atom. The van der Waals surface area contributed by atoms with Crippen molar-refractivity contribution in [3.05, 3.63) is 23.8 Å². The van der Waals surface area contributed by atoms with E-state index in [2.05, 4.69) is 5.32 Å². The van der Waals surface area contributed by atoms with Gasteiger partial charge in [0.2, 0.25) is 0 Å². The van der Waals surface area contributed by atoms with Gasteiger partial charge in [-0.15, -0.1) is 0 Å². The molecule has 0 aliphatic carbocycles. The van der Waals surface area contributed by atoms with Gasteiger partial charge < -0.3 is 24.3 Å². The van der Waals surface area contributed by atoms with Gasteiger partial charge in [-0.25, -0.2) is 4.79 Å². The number of nitrogens with one attached hydrogen (secondary N) is 1. The van der Waals surface area contributed by atoms with E-state index in [9.17, 15) is 9.59 Å². The van der Waals surface area contributed by atoms with E-state index < -0.39 is 5.97 Å². The highest BCUT2D eigenvalue weighted by molar-refractivity contribution is 5.89. The second-order valence-corrected chi connectivity index (χ2v) is 5.59. The summed E-state index contributed by atoms with van der Waals surface area (Å²) in [7, 11) is 4.55. The third-order valence-electron chi connectivity index (χ3n) is 3.19. The maximum absolute atomic E-state index is 11.8. The minimum absolute atomic E-state index is 0.320. The summed E-state index contributed by atoms with van der Waals surface area (Å²) >= 11 is 0. The van der Waals surface area contributed by atoms with Crippen molar-refractivity contribution >= 4 is 18.0 Å². The molecule has 7 heteroatoms. The summed E-state index contributed by atoms with van der Waals surface area (Å²) in [6.45, 7) is 4.17. The number of hydrogen-bond acceptors (Lipinski definition) is 6. The minimum atomic E-state index is -0.628. The number of hydrogen-bond donors (Lipinski definition) is 1. The van der Waals surface area contributed by atoms with Crippen LogP contribution in [0.1, 0.15) is 19.4 Å². The molecule has 0 unspecified atom stereocenters. The first kappa shape index (κ1) is 20.3. The molecule has 0 saturated carbocycles. The Bertz CT molecular complexity index is 624.